The zero-order valence-corrected chi connectivity index (χ0v) is 19.6. The van der Waals surface area contributed by atoms with Crippen LogP contribution < -0.4 is 5.32 Å². The Balaban J connectivity index is 1.22. The molecule has 1 aliphatic carbocycles. The third-order valence-electron chi connectivity index (χ3n) is 6.44. The molecule has 1 aliphatic heterocycles. The average Bonchev–Trinajstić information content (AvgIpc) is 3.31. The molecule has 6 nitrogen and oxygen atoms in total. The van der Waals surface area contributed by atoms with Crippen LogP contribution in [-0.4, -0.2) is 40.5 Å². The molecule has 5 rings (SSSR count). The summed E-state index contributed by atoms with van der Waals surface area (Å²) in [6.45, 7) is 1.80. The highest BCUT2D eigenvalue weighted by Crippen LogP contribution is 2.29. The number of carbonyl (C=O) groups is 1. The molecule has 0 radical (unpaired) electrons. The average molecular weight is 463 g/mol. The second kappa shape index (κ2) is 10.4. The summed E-state index contributed by atoms with van der Waals surface area (Å²) in [5.74, 6) is 1.23. The second-order valence-electron chi connectivity index (χ2n) is 8.85. The summed E-state index contributed by atoms with van der Waals surface area (Å²) in [5, 5.41) is 4.16. The molecule has 2 aliphatic rings. The van der Waals surface area contributed by atoms with Crippen LogP contribution in [0.5, 0.6) is 0 Å². The van der Waals surface area contributed by atoms with Crippen LogP contribution in [0.1, 0.15) is 54.3 Å². The summed E-state index contributed by atoms with van der Waals surface area (Å²) in [7, 11) is 0. The number of pyridine rings is 1. The monoisotopic (exact) mass is 462 g/mol. The molecular weight excluding hydrogens is 432 g/mol. The highest BCUT2D eigenvalue weighted by Gasteiger charge is 2.31. The van der Waals surface area contributed by atoms with Gasteiger partial charge >= 0.3 is 0 Å². The van der Waals surface area contributed by atoms with Crippen molar-refractivity contribution in [3.8, 4) is 0 Å². The maximum absolute atomic E-state index is 13.0. The molecule has 33 heavy (non-hydrogen) atoms. The predicted octanol–water partition coefficient (Wildman–Crippen LogP) is 5.35. The molecule has 1 amide bonds. The SMILES string of the molecule is O=C(C1CCCCC1)N1CCOC(c2cccc(Nc3ncc(Cc4ccccc4)s3)n2)C1. The Labute approximate surface area is 199 Å². The molecule has 1 N–H and O–H groups in total. The first-order chi connectivity index (χ1) is 16.2. The molecule has 1 unspecified atom stereocenters. The lowest BCUT2D eigenvalue weighted by Gasteiger charge is -2.35. The molecule has 2 aromatic heterocycles. The van der Waals surface area contributed by atoms with Crippen LogP contribution in [-0.2, 0) is 16.0 Å². The molecular formula is C26H30N4O2S. The van der Waals surface area contributed by atoms with Gasteiger partial charge in [0, 0.05) is 30.0 Å². The Morgan fingerprint density at radius 1 is 1.09 bits per heavy atom. The number of anilines is 2. The van der Waals surface area contributed by atoms with Crippen molar-refractivity contribution in [1.29, 1.82) is 0 Å². The van der Waals surface area contributed by atoms with E-state index in [0.717, 1.165) is 35.9 Å². The van der Waals surface area contributed by atoms with Crippen LogP contribution in [0.2, 0.25) is 0 Å². The standard InChI is InChI=1S/C26H30N4O2S/c31-25(20-10-5-2-6-11-20)30-14-15-32-23(18-30)22-12-7-13-24(28-22)29-26-27-17-21(33-26)16-19-8-3-1-4-9-19/h1,3-4,7-9,12-13,17,20,23H,2,5-6,10-11,14-16,18H2,(H,27,28,29). The Morgan fingerprint density at radius 2 is 1.94 bits per heavy atom. The van der Waals surface area contributed by atoms with Gasteiger partial charge in [0.15, 0.2) is 5.13 Å². The lowest BCUT2D eigenvalue weighted by molar-refractivity contribution is -0.144. The predicted molar refractivity (Wildman–Crippen MR) is 131 cm³/mol. The van der Waals surface area contributed by atoms with Crippen molar-refractivity contribution >= 4 is 28.2 Å². The van der Waals surface area contributed by atoms with Crippen LogP contribution in [0.25, 0.3) is 0 Å². The number of hydrogen-bond donors (Lipinski definition) is 1. The zero-order valence-electron chi connectivity index (χ0n) is 18.8. The van der Waals surface area contributed by atoms with E-state index in [1.54, 1.807) is 11.3 Å². The van der Waals surface area contributed by atoms with Crippen molar-refractivity contribution in [2.24, 2.45) is 5.92 Å². The van der Waals surface area contributed by atoms with Crippen molar-refractivity contribution in [2.75, 3.05) is 25.0 Å². The highest BCUT2D eigenvalue weighted by molar-refractivity contribution is 7.15. The zero-order chi connectivity index (χ0) is 22.5. The number of ether oxygens (including phenoxy) is 1. The number of amides is 1. The molecule has 1 atom stereocenters. The van der Waals surface area contributed by atoms with Crippen LogP contribution in [0, 0.1) is 5.92 Å². The van der Waals surface area contributed by atoms with Gasteiger partial charge in [-0.15, -0.1) is 11.3 Å². The van der Waals surface area contributed by atoms with E-state index >= 15 is 0 Å². The van der Waals surface area contributed by atoms with E-state index in [1.165, 1.54) is 29.7 Å². The molecule has 3 aromatic rings. The van der Waals surface area contributed by atoms with Gasteiger partial charge in [-0.25, -0.2) is 9.97 Å². The Hall–Kier alpha value is -2.77. The molecule has 1 saturated heterocycles. The third-order valence-corrected chi connectivity index (χ3v) is 7.36. The van der Waals surface area contributed by atoms with Crippen molar-refractivity contribution in [3.63, 3.8) is 0 Å². The van der Waals surface area contributed by atoms with Gasteiger partial charge in [0.2, 0.25) is 5.91 Å². The van der Waals surface area contributed by atoms with Gasteiger partial charge in [-0.1, -0.05) is 55.7 Å². The summed E-state index contributed by atoms with van der Waals surface area (Å²) in [4.78, 5) is 25.5. The van der Waals surface area contributed by atoms with Crippen molar-refractivity contribution in [2.45, 2.75) is 44.6 Å². The Morgan fingerprint density at radius 3 is 2.79 bits per heavy atom. The van der Waals surface area contributed by atoms with E-state index in [4.69, 9.17) is 9.72 Å². The van der Waals surface area contributed by atoms with Gasteiger partial charge in [0.25, 0.3) is 0 Å². The largest absolute Gasteiger partial charge is 0.368 e. The van der Waals surface area contributed by atoms with E-state index < -0.39 is 0 Å². The summed E-state index contributed by atoms with van der Waals surface area (Å²) in [5.41, 5.74) is 2.12. The second-order valence-corrected chi connectivity index (χ2v) is 9.96. The summed E-state index contributed by atoms with van der Waals surface area (Å²) in [6, 6.07) is 16.3. The fraction of sp³-hybridized carbons (Fsp3) is 0.423. The fourth-order valence-corrected chi connectivity index (χ4v) is 5.54. The number of carbonyl (C=O) groups excluding carboxylic acids is 1. The van der Waals surface area contributed by atoms with Crippen LogP contribution in [0.15, 0.2) is 54.7 Å². The van der Waals surface area contributed by atoms with Gasteiger partial charge in [0.1, 0.15) is 11.9 Å². The van der Waals surface area contributed by atoms with E-state index in [2.05, 4.69) is 34.6 Å². The van der Waals surface area contributed by atoms with Crippen LogP contribution in [0.4, 0.5) is 10.9 Å². The van der Waals surface area contributed by atoms with Gasteiger partial charge in [-0.05, 0) is 30.5 Å². The summed E-state index contributed by atoms with van der Waals surface area (Å²) >= 11 is 1.64. The minimum Gasteiger partial charge on any atom is -0.368 e. The summed E-state index contributed by atoms with van der Waals surface area (Å²) < 4.78 is 6.01. The van der Waals surface area contributed by atoms with Crippen LogP contribution >= 0.6 is 11.3 Å². The lowest BCUT2D eigenvalue weighted by atomic mass is 9.88. The van der Waals surface area contributed by atoms with E-state index in [0.29, 0.717) is 25.6 Å². The summed E-state index contributed by atoms with van der Waals surface area (Å²) in [6.07, 6.45) is 8.24. The van der Waals surface area contributed by atoms with Gasteiger partial charge in [0.05, 0.1) is 18.8 Å². The Kier molecular flexibility index (Phi) is 6.98. The number of benzene rings is 1. The van der Waals surface area contributed by atoms with E-state index in [1.807, 2.05) is 35.4 Å². The maximum Gasteiger partial charge on any atom is 0.225 e. The first-order valence-corrected chi connectivity index (χ1v) is 12.7. The number of morpholine rings is 1. The van der Waals surface area contributed by atoms with Crippen LogP contribution in [0.3, 0.4) is 0 Å². The quantitative estimate of drug-likeness (QED) is 0.535. The normalized spacial score (nSPS) is 19.4. The van der Waals surface area contributed by atoms with Gasteiger partial charge in [-0.2, -0.15) is 0 Å². The minimum absolute atomic E-state index is 0.188. The number of nitrogens with zero attached hydrogens (tertiary/aromatic N) is 3. The van der Waals surface area contributed by atoms with E-state index in [-0.39, 0.29) is 12.0 Å². The molecule has 3 heterocycles. The molecule has 1 aromatic carbocycles. The van der Waals surface area contributed by atoms with Crippen molar-refractivity contribution in [1.82, 2.24) is 14.9 Å². The van der Waals surface area contributed by atoms with Gasteiger partial charge in [-0.3, -0.25) is 4.79 Å². The molecule has 0 spiro atoms. The number of hydrogen-bond acceptors (Lipinski definition) is 6. The highest BCUT2D eigenvalue weighted by atomic mass is 32.1. The maximum atomic E-state index is 13.0. The number of thiazole rings is 1. The Bertz CT molecular complexity index is 1060. The topological polar surface area (TPSA) is 67.3 Å². The number of rotatable bonds is 6. The van der Waals surface area contributed by atoms with E-state index in [9.17, 15) is 4.79 Å². The first-order valence-electron chi connectivity index (χ1n) is 11.9. The van der Waals surface area contributed by atoms with Crippen molar-refractivity contribution < 1.29 is 9.53 Å². The first kappa shape index (κ1) is 22.0. The molecule has 0 bridgehead atoms. The minimum atomic E-state index is -0.196. The molecule has 2 fully saturated rings. The lowest BCUT2D eigenvalue weighted by Crippen LogP contribution is -2.45. The molecule has 7 heteroatoms. The number of aromatic nitrogens is 2. The fourth-order valence-electron chi connectivity index (χ4n) is 4.69. The van der Waals surface area contributed by atoms with Crippen molar-refractivity contribution in [3.05, 3.63) is 70.9 Å². The van der Waals surface area contributed by atoms with Gasteiger partial charge < -0.3 is 15.0 Å². The molecule has 1 saturated carbocycles. The molecule has 172 valence electrons. The third kappa shape index (κ3) is 5.60. The number of nitrogens with one attached hydrogen (secondary N) is 1. The smallest absolute Gasteiger partial charge is 0.225 e.